The SMILES string of the molecule is Cc1ccoc1C(=O)N1CCCNCC1.Cl. The molecule has 1 fully saturated rings. The molecule has 0 bridgehead atoms. The summed E-state index contributed by atoms with van der Waals surface area (Å²) >= 11 is 0. The maximum absolute atomic E-state index is 12.0. The van der Waals surface area contributed by atoms with Gasteiger partial charge in [-0.15, -0.1) is 12.4 Å². The Morgan fingerprint density at radius 3 is 2.94 bits per heavy atom. The Morgan fingerprint density at radius 2 is 2.25 bits per heavy atom. The van der Waals surface area contributed by atoms with Crippen LogP contribution in [0.15, 0.2) is 16.7 Å². The number of furan rings is 1. The van der Waals surface area contributed by atoms with Crippen molar-refractivity contribution in [2.45, 2.75) is 13.3 Å². The van der Waals surface area contributed by atoms with Gasteiger partial charge in [-0.2, -0.15) is 0 Å². The van der Waals surface area contributed by atoms with Crippen LogP contribution in [-0.4, -0.2) is 37.0 Å². The number of hydrogen-bond acceptors (Lipinski definition) is 3. The second-order valence-electron chi connectivity index (χ2n) is 3.83. The fourth-order valence-corrected chi connectivity index (χ4v) is 1.78. The van der Waals surface area contributed by atoms with Gasteiger partial charge >= 0.3 is 0 Å². The first kappa shape index (κ1) is 13.1. The summed E-state index contributed by atoms with van der Waals surface area (Å²) in [6.07, 6.45) is 2.57. The van der Waals surface area contributed by atoms with E-state index in [0.717, 1.165) is 38.2 Å². The van der Waals surface area contributed by atoms with Crippen molar-refractivity contribution in [2.24, 2.45) is 0 Å². The lowest BCUT2D eigenvalue weighted by Crippen LogP contribution is -2.34. The molecule has 4 nitrogen and oxygen atoms in total. The highest BCUT2D eigenvalue weighted by atomic mass is 35.5. The maximum atomic E-state index is 12.0. The van der Waals surface area contributed by atoms with Gasteiger partial charge in [0, 0.05) is 25.2 Å². The molecule has 0 spiro atoms. The number of rotatable bonds is 1. The van der Waals surface area contributed by atoms with Crippen LogP contribution >= 0.6 is 12.4 Å². The zero-order valence-corrected chi connectivity index (χ0v) is 10.2. The molecule has 0 atom stereocenters. The zero-order chi connectivity index (χ0) is 10.7. The molecule has 16 heavy (non-hydrogen) atoms. The number of carbonyl (C=O) groups is 1. The minimum Gasteiger partial charge on any atom is -0.459 e. The Labute approximate surface area is 101 Å². The third-order valence-corrected chi connectivity index (χ3v) is 2.68. The molecule has 0 saturated carbocycles. The van der Waals surface area contributed by atoms with Crippen LogP contribution in [0.5, 0.6) is 0 Å². The Bertz CT molecular complexity index is 344. The molecular formula is C11H17ClN2O2. The van der Waals surface area contributed by atoms with Gasteiger partial charge in [-0.25, -0.2) is 0 Å². The van der Waals surface area contributed by atoms with E-state index in [1.54, 1.807) is 6.26 Å². The molecule has 90 valence electrons. The highest BCUT2D eigenvalue weighted by Crippen LogP contribution is 2.12. The van der Waals surface area contributed by atoms with Gasteiger partial charge in [0.05, 0.1) is 6.26 Å². The molecule has 1 aromatic rings. The molecule has 0 aromatic carbocycles. The summed E-state index contributed by atoms with van der Waals surface area (Å²) in [5.74, 6) is 0.498. The van der Waals surface area contributed by atoms with E-state index in [2.05, 4.69) is 5.32 Å². The Balaban J connectivity index is 0.00000128. The van der Waals surface area contributed by atoms with E-state index in [1.165, 1.54) is 0 Å². The lowest BCUT2D eigenvalue weighted by molar-refractivity contribution is 0.0733. The van der Waals surface area contributed by atoms with Gasteiger partial charge in [0.25, 0.3) is 5.91 Å². The normalized spacial score (nSPS) is 16.4. The lowest BCUT2D eigenvalue weighted by atomic mass is 10.2. The van der Waals surface area contributed by atoms with Gasteiger partial charge in [0.15, 0.2) is 5.76 Å². The highest BCUT2D eigenvalue weighted by molar-refractivity contribution is 5.92. The van der Waals surface area contributed by atoms with Crippen molar-refractivity contribution in [3.63, 3.8) is 0 Å². The average Bonchev–Trinajstić information content (AvgIpc) is 2.53. The first-order chi connectivity index (χ1) is 7.29. The monoisotopic (exact) mass is 244 g/mol. The quantitative estimate of drug-likeness (QED) is 0.813. The van der Waals surface area contributed by atoms with Gasteiger partial charge in [-0.3, -0.25) is 4.79 Å². The van der Waals surface area contributed by atoms with Crippen LogP contribution in [0.3, 0.4) is 0 Å². The predicted molar refractivity (Wildman–Crippen MR) is 64.1 cm³/mol. The van der Waals surface area contributed by atoms with Crippen LogP contribution in [0, 0.1) is 6.92 Å². The van der Waals surface area contributed by atoms with Crippen LogP contribution in [0.4, 0.5) is 0 Å². The molecule has 0 unspecified atom stereocenters. The minimum absolute atomic E-state index is 0. The van der Waals surface area contributed by atoms with E-state index in [0.29, 0.717) is 5.76 Å². The van der Waals surface area contributed by atoms with Crippen molar-refractivity contribution in [1.29, 1.82) is 0 Å². The van der Waals surface area contributed by atoms with E-state index < -0.39 is 0 Å². The van der Waals surface area contributed by atoms with Crippen LogP contribution < -0.4 is 5.32 Å². The number of nitrogens with zero attached hydrogens (tertiary/aromatic N) is 1. The summed E-state index contributed by atoms with van der Waals surface area (Å²) in [5, 5.41) is 3.27. The predicted octanol–water partition coefficient (Wildman–Crippen LogP) is 1.45. The summed E-state index contributed by atoms with van der Waals surface area (Å²) < 4.78 is 5.21. The molecule has 0 aliphatic carbocycles. The van der Waals surface area contributed by atoms with Gasteiger partial charge in [0.2, 0.25) is 0 Å². The molecule has 1 aliphatic heterocycles. The van der Waals surface area contributed by atoms with E-state index in [1.807, 2.05) is 17.9 Å². The number of amides is 1. The molecule has 1 aromatic heterocycles. The second-order valence-corrected chi connectivity index (χ2v) is 3.83. The smallest absolute Gasteiger partial charge is 0.289 e. The Kier molecular flexibility index (Phi) is 4.83. The number of halogens is 1. The van der Waals surface area contributed by atoms with E-state index in [4.69, 9.17) is 4.42 Å². The van der Waals surface area contributed by atoms with Crippen molar-refractivity contribution in [3.8, 4) is 0 Å². The number of nitrogens with one attached hydrogen (secondary N) is 1. The molecule has 1 N–H and O–H groups in total. The molecule has 1 saturated heterocycles. The van der Waals surface area contributed by atoms with Crippen molar-refractivity contribution in [3.05, 3.63) is 23.7 Å². The van der Waals surface area contributed by atoms with Gasteiger partial charge in [0.1, 0.15) is 0 Å². The first-order valence-corrected chi connectivity index (χ1v) is 5.33. The zero-order valence-electron chi connectivity index (χ0n) is 9.36. The number of aryl methyl sites for hydroxylation is 1. The highest BCUT2D eigenvalue weighted by Gasteiger charge is 2.20. The summed E-state index contributed by atoms with van der Waals surface area (Å²) in [6.45, 7) is 5.32. The summed E-state index contributed by atoms with van der Waals surface area (Å²) in [4.78, 5) is 13.9. The minimum atomic E-state index is 0. The third kappa shape index (κ3) is 2.77. The standard InChI is InChI=1S/C11H16N2O2.ClH/c1-9-3-8-15-10(9)11(14)13-6-2-4-12-5-7-13;/h3,8,12H,2,4-7H2,1H3;1H. The average molecular weight is 245 g/mol. The van der Waals surface area contributed by atoms with E-state index in [-0.39, 0.29) is 18.3 Å². The lowest BCUT2D eigenvalue weighted by Gasteiger charge is -2.18. The second kappa shape index (κ2) is 5.92. The van der Waals surface area contributed by atoms with Crippen molar-refractivity contribution >= 4 is 18.3 Å². The largest absolute Gasteiger partial charge is 0.459 e. The molecule has 2 rings (SSSR count). The molecule has 2 heterocycles. The molecule has 1 amide bonds. The van der Waals surface area contributed by atoms with Crippen molar-refractivity contribution in [2.75, 3.05) is 26.2 Å². The van der Waals surface area contributed by atoms with Crippen molar-refractivity contribution < 1.29 is 9.21 Å². The Hall–Kier alpha value is -1.00. The van der Waals surface area contributed by atoms with Crippen molar-refractivity contribution in [1.82, 2.24) is 10.2 Å². The first-order valence-electron chi connectivity index (χ1n) is 5.33. The molecule has 5 heteroatoms. The fourth-order valence-electron chi connectivity index (χ4n) is 1.78. The van der Waals surface area contributed by atoms with Crippen LogP contribution in [-0.2, 0) is 0 Å². The summed E-state index contributed by atoms with van der Waals surface area (Å²) in [7, 11) is 0. The van der Waals surface area contributed by atoms with Gasteiger partial charge in [-0.05, 0) is 26.0 Å². The fraction of sp³-hybridized carbons (Fsp3) is 0.545. The third-order valence-electron chi connectivity index (χ3n) is 2.68. The van der Waals surface area contributed by atoms with Crippen LogP contribution in [0.1, 0.15) is 22.5 Å². The summed E-state index contributed by atoms with van der Waals surface area (Å²) in [6, 6.07) is 1.82. The van der Waals surface area contributed by atoms with Crippen LogP contribution in [0.25, 0.3) is 0 Å². The van der Waals surface area contributed by atoms with Crippen LogP contribution in [0.2, 0.25) is 0 Å². The van der Waals surface area contributed by atoms with E-state index >= 15 is 0 Å². The number of carbonyl (C=O) groups excluding carboxylic acids is 1. The molecule has 0 radical (unpaired) electrons. The van der Waals surface area contributed by atoms with E-state index in [9.17, 15) is 4.79 Å². The van der Waals surface area contributed by atoms with Gasteiger partial charge in [-0.1, -0.05) is 0 Å². The Morgan fingerprint density at radius 1 is 1.44 bits per heavy atom. The molecule has 1 aliphatic rings. The van der Waals surface area contributed by atoms with Gasteiger partial charge < -0.3 is 14.6 Å². The topological polar surface area (TPSA) is 45.5 Å². The molecular weight excluding hydrogens is 228 g/mol. The summed E-state index contributed by atoms with van der Waals surface area (Å²) in [5.41, 5.74) is 0.914. The maximum Gasteiger partial charge on any atom is 0.289 e. The number of hydrogen-bond donors (Lipinski definition) is 1.